The molecule has 0 unspecified atom stereocenters. The largest absolute Gasteiger partial charge is 0.378 e. The van der Waals surface area contributed by atoms with Gasteiger partial charge >= 0.3 is 0 Å². The Balaban J connectivity index is 0.000000203. The van der Waals surface area contributed by atoms with Crippen LogP contribution in [0, 0.1) is 47.9 Å². The lowest BCUT2D eigenvalue weighted by Crippen LogP contribution is -2.36. The van der Waals surface area contributed by atoms with Crippen LogP contribution in [0.15, 0.2) is 55.2 Å². The second-order valence-corrected chi connectivity index (χ2v) is 17.8. The minimum absolute atomic E-state index is 0.0621. The quantitative estimate of drug-likeness (QED) is 0.162. The molecule has 1 N–H and O–H groups in total. The van der Waals surface area contributed by atoms with Gasteiger partial charge in [-0.05, 0) is 24.7 Å². The van der Waals surface area contributed by atoms with Gasteiger partial charge in [-0.1, -0.05) is 39.3 Å². The molecule has 12 nitrogen and oxygen atoms in total. The molecular weight excluding hydrogens is 826 g/mol. The van der Waals surface area contributed by atoms with E-state index in [4.69, 9.17) is 16.3 Å². The van der Waals surface area contributed by atoms with E-state index in [1.54, 1.807) is 42.2 Å². The predicted octanol–water partition coefficient (Wildman–Crippen LogP) is 9.25. The van der Waals surface area contributed by atoms with E-state index in [-0.39, 0.29) is 49.5 Å². The third kappa shape index (κ3) is 8.32. The first-order chi connectivity index (χ1) is 29.4. The van der Waals surface area contributed by atoms with Gasteiger partial charge in [0.2, 0.25) is 11.8 Å². The summed E-state index contributed by atoms with van der Waals surface area (Å²) in [6.07, 6.45) is 7.28. The van der Waals surface area contributed by atoms with Gasteiger partial charge in [-0.3, -0.25) is 19.4 Å². The molecule has 2 aromatic carbocycles. The topological polar surface area (TPSA) is 130 Å². The highest BCUT2D eigenvalue weighted by Gasteiger charge is 2.39. The predicted molar refractivity (Wildman–Crippen MR) is 231 cm³/mol. The van der Waals surface area contributed by atoms with E-state index < -0.39 is 23.3 Å². The molecule has 0 radical (unpaired) electrons. The highest BCUT2D eigenvalue weighted by Crippen LogP contribution is 2.43. The summed E-state index contributed by atoms with van der Waals surface area (Å²) in [4.78, 5) is 52.4. The van der Waals surface area contributed by atoms with Crippen molar-refractivity contribution in [3.63, 3.8) is 0 Å². The molecule has 2 amide bonds. The molecule has 3 saturated heterocycles. The van der Waals surface area contributed by atoms with Crippen LogP contribution in [0.3, 0.4) is 0 Å². The molecule has 3 aliphatic heterocycles. The third-order valence-electron chi connectivity index (χ3n) is 11.3. The van der Waals surface area contributed by atoms with Gasteiger partial charge in [0, 0.05) is 110 Å². The maximum Gasteiger partial charge on any atom is 0.228 e. The minimum atomic E-state index is -0.754. The Morgan fingerprint density at radius 1 is 0.726 bits per heavy atom. The maximum absolute atomic E-state index is 15.4. The van der Waals surface area contributed by atoms with Crippen LogP contribution in [0.4, 0.5) is 46.4 Å². The fraction of sp³-hybridized carbons (Fsp3) is 0.356. The number of pyridine rings is 3. The normalized spacial score (nSPS) is 17.2. The first kappa shape index (κ1) is 42.7. The number of hydrogen-bond donors (Lipinski definition) is 1. The van der Waals surface area contributed by atoms with E-state index in [0.717, 1.165) is 24.0 Å². The van der Waals surface area contributed by atoms with Crippen LogP contribution in [0.25, 0.3) is 32.9 Å². The zero-order valence-electron chi connectivity index (χ0n) is 35.0. The van der Waals surface area contributed by atoms with Gasteiger partial charge in [0.05, 0.1) is 51.4 Å². The van der Waals surface area contributed by atoms with E-state index in [9.17, 15) is 22.8 Å². The van der Waals surface area contributed by atoms with Crippen LogP contribution in [-0.4, -0.2) is 76.1 Å². The Morgan fingerprint density at radius 2 is 1.26 bits per heavy atom. The van der Waals surface area contributed by atoms with Crippen molar-refractivity contribution < 1.29 is 31.9 Å². The molecule has 6 aromatic rings. The molecule has 0 spiro atoms. The first-order valence-corrected chi connectivity index (χ1v) is 20.5. The van der Waals surface area contributed by atoms with Crippen molar-refractivity contribution >= 4 is 74.0 Å². The number of carbonyl (C=O) groups is 2. The van der Waals surface area contributed by atoms with E-state index in [2.05, 4.69) is 35.1 Å². The zero-order chi connectivity index (χ0) is 44.2. The van der Waals surface area contributed by atoms with Crippen LogP contribution in [-0.2, 0) is 14.3 Å². The Bertz CT molecular complexity index is 2770. The number of halogens is 5. The summed E-state index contributed by atoms with van der Waals surface area (Å²) >= 11 is 6.25. The molecule has 0 aliphatic carbocycles. The van der Waals surface area contributed by atoms with Crippen molar-refractivity contribution in [2.24, 2.45) is 10.8 Å². The molecule has 4 aromatic heterocycles. The number of fused-ring (bicyclic) bond motifs is 2. The fourth-order valence-corrected chi connectivity index (χ4v) is 8.55. The Kier molecular flexibility index (Phi) is 11.3. The number of anilines is 5. The number of carbonyl (C=O) groups excluding carboxylic acids is 2. The van der Waals surface area contributed by atoms with Crippen molar-refractivity contribution in [2.75, 3.05) is 59.4 Å². The Labute approximate surface area is 360 Å². The summed E-state index contributed by atoms with van der Waals surface area (Å²) in [6.45, 7) is 15.0. The molecule has 3 aliphatic rings. The zero-order valence-corrected chi connectivity index (χ0v) is 35.8. The average molecular weight is 870 g/mol. The molecule has 0 atom stereocenters. The monoisotopic (exact) mass is 869 g/mol. The molecule has 7 heterocycles. The van der Waals surface area contributed by atoms with E-state index >= 15 is 4.39 Å². The second-order valence-electron chi connectivity index (χ2n) is 17.5. The molecular formula is C45H44ClF4N9O3. The number of amides is 2. The number of nitrogens with one attached hydrogen (secondary N) is 1. The Hall–Kier alpha value is -6.00. The number of benzene rings is 2. The lowest BCUT2D eigenvalue weighted by Gasteiger charge is -2.29. The van der Waals surface area contributed by atoms with Crippen LogP contribution < -0.4 is 20.0 Å². The van der Waals surface area contributed by atoms with Gasteiger partial charge < -0.3 is 15.0 Å². The number of rotatable bonds is 6. The van der Waals surface area contributed by atoms with Gasteiger partial charge in [0.1, 0.15) is 47.0 Å². The minimum Gasteiger partial charge on any atom is -0.378 e. The van der Waals surface area contributed by atoms with Crippen molar-refractivity contribution in [3.8, 4) is 11.1 Å². The first-order valence-electron chi connectivity index (χ1n) is 20.1. The van der Waals surface area contributed by atoms with Crippen LogP contribution in [0.1, 0.15) is 51.7 Å². The highest BCUT2D eigenvalue weighted by atomic mass is 35.5. The molecule has 9 rings (SSSR count). The second kappa shape index (κ2) is 16.4. The summed E-state index contributed by atoms with van der Waals surface area (Å²) in [6, 6.07) is 5.83. The van der Waals surface area contributed by atoms with E-state index in [1.807, 2.05) is 33.8 Å². The molecule has 17 heteroatoms. The summed E-state index contributed by atoms with van der Waals surface area (Å²) in [5.41, 5.74) is 3.34. The van der Waals surface area contributed by atoms with Gasteiger partial charge in [-0.25, -0.2) is 42.5 Å². The van der Waals surface area contributed by atoms with Gasteiger partial charge in [-0.2, -0.15) is 0 Å². The van der Waals surface area contributed by atoms with Crippen LogP contribution in [0.2, 0.25) is 5.02 Å². The van der Waals surface area contributed by atoms with Crippen molar-refractivity contribution in [1.29, 1.82) is 0 Å². The number of hydrogen-bond acceptors (Lipinski definition) is 10. The maximum atomic E-state index is 15.4. The smallest absolute Gasteiger partial charge is 0.228 e. The van der Waals surface area contributed by atoms with Gasteiger partial charge in [0.15, 0.2) is 0 Å². The van der Waals surface area contributed by atoms with Crippen molar-refractivity contribution in [2.45, 2.75) is 54.4 Å². The Morgan fingerprint density at radius 3 is 1.81 bits per heavy atom. The fourth-order valence-electron chi connectivity index (χ4n) is 8.28. The summed E-state index contributed by atoms with van der Waals surface area (Å²) in [5, 5.41) is 3.80. The van der Waals surface area contributed by atoms with Crippen LogP contribution in [0.5, 0.6) is 0 Å². The standard InChI is InChI=1S/C29H29F2N7O2.C16H15ClF2N2O/c1-17-27(26-21(31)8-19(30)9-23(26)36-28(17)38-15-29(2,3)11-25(38)39)35-22-10-24(37-4-6-40-7-5-37)34-14-20(22)18-12-32-16-33-13-18;1-8-14(17)13-10(19)4-9(18)5-11(13)20-15(8)21-7-16(2,3)6-12(21)22/h8-10,12-14,16H,4-7,11,15H2,1-3H3,(H,34,35,36);4-5H,6-7H2,1-3H3. The van der Waals surface area contributed by atoms with Gasteiger partial charge in [-0.15, -0.1) is 0 Å². The lowest BCUT2D eigenvalue weighted by atomic mass is 9.93. The van der Waals surface area contributed by atoms with Crippen molar-refractivity contribution in [1.82, 2.24) is 24.9 Å². The molecule has 62 heavy (non-hydrogen) atoms. The summed E-state index contributed by atoms with van der Waals surface area (Å²) in [7, 11) is 0. The van der Waals surface area contributed by atoms with E-state index in [0.29, 0.717) is 97.5 Å². The third-order valence-corrected chi connectivity index (χ3v) is 11.7. The average Bonchev–Trinajstić information content (AvgIpc) is 3.67. The molecule has 322 valence electrons. The van der Waals surface area contributed by atoms with Crippen LogP contribution >= 0.6 is 11.6 Å². The molecule has 3 fully saturated rings. The highest BCUT2D eigenvalue weighted by molar-refractivity contribution is 6.36. The van der Waals surface area contributed by atoms with Gasteiger partial charge in [0.25, 0.3) is 0 Å². The SMILES string of the molecule is Cc1c(N2CC(C)(C)CC2=O)nc2cc(F)cc(F)c2c1Cl.Cc1c(N2CC(C)(C)CC2=O)nc2cc(F)cc(F)c2c1Nc1cc(N2CCOCC2)ncc1-c1cncnc1. The molecule has 0 saturated carbocycles. The summed E-state index contributed by atoms with van der Waals surface area (Å²) in [5.74, 6) is -1.64. The van der Waals surface area contributed by atoms with E-state index in [1.165, 1.54) is 12.4 Å². The van der Waals surface area contributed by atoms with Crippen molar-refractivity contribution in [3.05, 3.63) is 94.7 Å². The molecule has 0 bridgehead atoms. The number of ether oxygens (including phenoxy) is 1. The number of morpholine rings is 1. The number of aromatic nitrogens is 5. The number of nitrogens with zero attached hydrogens (tertiary/aromatic N) is 8. The summed E-state index contributed by atoms with van der Waals surface area (Å²) < 4.78 is 62.7. The lowest BCUT2D eigenvalue weighted by molar-refractivity contribution is -0.118.